The number of anilines is 4. The van der Waals surface area contributed by atoms with E-state index >= 15 is 0 Å². The molecule has 0 amide bonds. The third-order valence-electron chi connectivity index (χ3n) is 5.52. The summed E-state index contributed by atoms with van der Waals surface area (Å²) >= 11 is 0. The van der Waals surface area contributed by atoms with E-state index in [2.05, 4.69) is 20.3 Å². The van der Waals surface area contributed by atoms with Gasteiger partial charge in [-0.1, -0.05) is 6.07 Å². The molecule has 13 nitrogen and oxygen atoms in total. The van der Waals surface area contributed by atoms with Gasteiger partial charge in [0.15, 0.2) is 0 Å². The molecular weight excluding hydrogens is 414 g/mol. The SMILES string of the molecule is N[C@@H]1C[C@H](N)CN(c2nc(Nc3cccc([N+](=O)[O-])c3)nc(N3C[C@H](N)C[C@H](N)C3)n2)C1. The summed E-state index contributed by atoms with van der Waals surface area (Å²) in [5.74, 6) is 1.12. The van der Waals surface area contributed by atoms with Gasteiger partial charge in [0.1, 0.15) is 0 Å². The fourth-order valence-electron chi connectivity index (χ4n) is 4.20. The first-order valence-electron chi connectivity index (χ1n) is 10.6. The van der Waals surface area contributed by atoms with E-state index < -0.39 is 4.92 Å². The minimum atomic E-state index is -0.456. The molecule has 4 atom stereocenters. The number of rotatable bonds is 5. The molecule has 13 heteroatoms. The molecule has 0 aliphatic carbocycles. The number of benzene rings is 1. The Labute approximate surface area is 185 Å². The highest BCUT2D eigenvalue weighted by Gasteiger charge is 2.28. The van der Waals surface area contributed by atoms with Gasteiger partial charge in [0.2, 0.25) is 17.8 Å². The maximum absolute atomic E-state index is 11.1. The molecule has 2 saturated heterocycles. The molecule has 0 saturated carbocycles. The highest BCUT2D eigenvalue weighted by molar-refractivity contribution is 5.59. The second-order valence-corrected chi connectivity index (χ2v) is 8.51. The largest absolute Gasteiger partial charge is 0.338 e. The summed E-state index contributed by atoms with van der Waals surface area (Å²) in [4.78, 5) is 28.3. The fraction of sp³-hybridized carbons (Fsp3) is 0.526. The van der Waals surface area contributed by atoms with Crippen LogP contribution < -0.4 is 38.1 Å². The maximum atomic E-state index is 11.1. The standard InChI is InChI=1S/C19H29N11O2/c20-11-4-12(21)8-28(7-11)18-25-17(24-15-2-1-3-16(6-15)30(31)32)26-19(27-18)29-9-13(22)5-14(23)10-29/h1-3,6,11-14H,4-5,7-10,20-23H2,(H,24,25,26,27)/t11-,12+,13-,14+. The van der Waals surface area contributed by atoms with Crippen molar-refractivity contribution in [2.24, 2.45) is 22.9 Å². The van der Waals surface area contributed by atoms with Gasteiger partial charge in [-0.2, -0.15) is 15.0 Å². The second kappa shape index (κ2) is 9.16. The number of nitrogens with one attached hydrogen (secondary N) is 1. The summed E-state index contributed by atoms with van der Waals surface area (Å²) in [6, 6.07) is 5.76. The molecule has 1 aromatic heterocycles. The zero-order valence-electron chi connectivity index (χ0n) is 17.7. The third kappa shape index (κ3) is 5.19. The zero-order chi connectivity index (χ0) is 22.8. The molecule has 2 aliphatic rings. The van der Waals surface area contributed by atoms with Gasteiger partial charge >= 0.3 is 0 Å². The summed E-state index contributed by atoms with van der Waals surface area (Å²) < 4.78 is 0. The molecular formula is C19H29N11O2. The molecule has 4 rings (SSSR count). The normalized spacial score (nSPS) is 26.1. The van der Waals surface area contributed by atoms with Crippen LogP contribution in [0.4, 0.5) is 29.2 Å². The Bertz CT molecular complexity index is 910. The number of nitrogens with two attached hydrogens (primary N) is 4. The van der Waals surface area contributed by atoms with Gasteiger partial charge in [-0.3, -0.25) is 10.1 Å². The first-order chi connectivity index (χ1) is 15.3. The molecule has 0 spiro atoms. The lowest BCUT2D eigenvalue weighted by atomic mass is 10.0. The molecule has 9 N–H and O–H groups in total. The van der Waals surface area contributed by atoms with Gasteiger partial charge in [0.25, 0.3) is 5.69 Å². The van der Waals surface area contributed by atoms with Crippen molar-refractivity contribution in [2.45, 2.75) is 37.0 Å². The summed E-state index contributed by atoms with van der Waals surface area (Å²) in [7, 11) is 0. The molecule has 3 heterocycles. The molecule has 1 aromatic carbocycles. The van der Waals surface area contributed by atoms with Crippen molar-refractivity contribution in [3.63, 3.8) is 0 Å². The highest BCUT2D eigenvalue weighted by atomic mass is 16.6. The Kier molecular flexibility index (Phi) is 6.32. The minimum Gasteiger partial charge on any atom is -0.338 e. The van der Waals surface area contributed by atoms with Crippen LogP contribution >= 0.6 is 0 Å². The van der Waals surface area contributed by atoms with Crippen LogP contribution in [-0.2, 0) is 0 Å². The van der Waals surface area contributed by atoms with Crippen LogP contribution in [0.1, 0.15) is 12.8 Å². The van der Waals surface area contributed by atoms with Crippen LogP contribution in [0.15, 0.2) is 24.3 Å². The van der Waals surface area contributed by atoms with Crippen molar-refractivity contribution in [1.82, 2.24) is 15.0 Å². The molecule has 172 valence electrons. The lowest BCUT2D eigenvalue weighted by Crippen LogP contribution is -2.54. The Hall–Kier alpha value is -3.13. The Morgan fingerprint density at radius 2 is 1.38 bits per heavy atom. The van der Waals surface area contributed by atoms with Gasteiger partial charge in [-0.05, 0) is 18.9 Å². The van der Waals surface area contributed by atoms with Gasteiger partial charge < -0.3 is 38.1 Å². The number of aromatic nitrogens is 3. The molecule has 2 aromatic rings. The van der Waals surface area contributed by atoms with E-state index in [0.29, 0.717) is 43.8 Å². The Morgan fingerprint density at radius 3 is 1.84 bits per heavy atom. The van der Waals surface area contributed by atoms with E-state index in [1.54, 1.807) is 12.1 Å². The average Bonchev–Trinajstić information content (AvgIpc) is 2.72. The van der Waals surface area contributed by atoms with Crippen LogP contribution in [0.3, 0.4) is 0 Å². The van der Waals surface area contributed by atoms with Crippen molar-refractivity contribution in [2.75, 3.05) is 41.3 Å². The smallest absolute Gasteiger partial charge is 0.271 e. The number of hydrogen-bond acceptors (Lipinski definition) is 12. The predicted molar refractivity (Wildman–Crippen MR) is 122 cm³/mol. The van der Waals surface area contributed by atoms with Gasteiger partial charge in [0, 0.05) is 68.2 Å². The van der Waals surface area contributed by atoms with Crippen LogP contribution in [0, 0.1) is 10.1 Å². The number of piperidine rings is 2. The van der Waals surface area contributed by atoms with Crippen LogP contribution in [0.25, 0.3) is 0 Å². The van der Waals surface area contributed by atoms with E-state index in [9.17, 15) is 10.1 Å². The summed E-state index contributed by atoms with van der Waals surface area (Å²) in [5.41, 5.74) is 25.1. The number of nitro benzene ring substituents is 1. The summed E-state index contributed by atoms with van der Waals surface area (Å²) in [6.45, 7) is 2.25. The Balaban J connectivity index is 1.68. The van der Waals surface area contributed by atoms with Crippen molar-refractivity contribution in [3.8, 4) is 0 Å². The number of non-ortho nitro benzene ring substituents is 1. The second-order valence-electron chi connectivity index (χ2n) is 8.51. The fourth-order valence-corrected chi connectivity index (χ4v) is 4.20. The van der Waals surface area contributed by atoms with Crippen molar-refractivity contribution in [1.29, 1.82) is 0 Å². The average molecular weight is 444 g/mol. The number of hydrogen-bond donors (Lipinski definition) is 5. The van der Waals surface area contributed by atoms with Crippen molar-refractivity contribution in [3.05, 3.63) is 34.4 Å². The lowest BCUT2D eigenvalue weighted by Gasteiger charge is -2.37. The third-order valence-corrected chi connectivity index (χ3v) is 5.52. The van der Waals surface area contributed by atoms with Gasteiger partial charge in [0.05, 0.1) is 4.92 Å². The summed E-state index contributed by atoms with van der Waals surface area (Å²) in [6.07, 6.45) is 1.45. The van der Waals surface area contributed by atoms with E-state index in [1.807, 2.05) is 9.80 Å². The lowest BCUT2D eigenvalue weighted by molar-refractivity contribution is -0.384. The topological polar surface area (TPSA) is 204 Å². The van der Waals surface area contributed by atoms with Gasteiger partial charge in [-0.15, -0.1) is 0 Å². The molecule has 0 bridgehead atoms. The predicted octanol–water partition coefficient (Wildman–Crippen LogP) is -0.747. The highest BCUT2D eigenvalue weighted by Crippen LogP contribution is 2.25. The molecule has 2 fully saturated rings. The Morgan fingerprint density at radius 1 is 0.875 bits per heavy atom. The van der Waals surface area contributed by atoms with Crippen molar-refractivity contribution < 1.29 is 4.92 Å². The molecule has 2 aliphatic heterocycles. The van der Waals surface area contributed by atoms with E-state index in [1.165, 1.54) is 12.1 Å². The van der Waals surface area contributed by atoms with Crippen LogP contribution in [0.2, 0.25) is 0 Å². The van der Waals surface area contributed by atoms with E-state index in [0.717, 1.165) is 12.8 Å². The first-order valence-corrected chi connectivity index (χ1v) is 10.6. The van der Waals surface area contributed by atoms with Crippen LogP contribution in [0.5, 0.6) is 0 Å². The number of nitro groups is 1. The minimum absolute atomic E-state index is 0.0366. The maximum Gasteiger partial charge on any atom is 0.271 e. The molecule has 32 heavy (non-hydrogen) atoms. The van der Waals surface area contributed by atoms with E-state index in [-0.39, 0.29) is 35.8 Å². The van der Waals surface area contributed by atoms with Gasteiger partial charge in [-0.25, -0.2) is 0 Å². The molecule has 0 unspecified atom stereocenters. The number of nitrogens with zero attached hydrogens (tertiary/aromatic N) is 6. The van der Waals surface area contributed by atoms with Crippen molar-refractivity contribution >= 4 is 29.2 Å². The monoisotopic (exact) mass is 443 g/mol. The quantitative estimate of drug-likeness (QED) is 0.286. The van der Waals surface area contributed by atoms with Crippen LogP contribution in [-0.4, -0.2) is 70.2 Å². The summed E-state index contributed by atoms with van der Waals surface area (Å²) in [5, 5.41) is 14.2. The van der Waals surface area contributed by atoms with E-state index in [4.69, 9.17) is 22.9 Å². The first kappa shape index (κ1) is 22.1. The zero-order valence-corrected chi connectivity index (χ0v) is 17.7. The molecule has 0 radical (unpaired) electrons.